The van der Waals surface area contributed by atoms with Crippen LogP contribution < -0.4 is 14.8 Å². The summed E-state index contributed by atoms with van der Waals surface area (Å²) in [4.78, 5) is 12.1. The van der Waals surface area contributed by atoms with Gasteiger partial charge >= 0.3 is 0 Å². The summed E-state index contributed by atoms with van der Waals surface area (Å²) in [7, 11) is 1.60. The zero-order valence-electron chi connectivity index (χ0n) is 13.1. The summed E-state index contributed by atoms with van der Waals surface area (Å²) < 4.78 is 16.2. The van der Waals surface area contributed by atoms with Gasteiger partial charge in [0.2, 0.25) is 0 Å². The molecule has 0 aliphatic carbocycles. The first kappa shape index (κ1) is 16.8. The van der Waals surface area contributed by atoms with Crippen molar-refractivity contribution < 1.29 is 19.0 Å². The van der Waals surface area contributed by atoms with Crippen LogP contribution in [-0.2, 0) is 9.53 Å². The van der Waals surface area contributed by atoms with E-state index in [-0.39, 0.29) is 5.57 Å². The zero-order valence-corrected chi connectivity index (χ0v) is 13.1. The molecule has 0 saturated carbocycles. The summed E-state index contributed by atoms with van der Waals surface area (Å²) >= 11 is 0. The van der Waals surface area contributed by atoms with Gasteiger partial charge in [-0.2, -0.15) is 5.26 Å². The fourth-order valence-corrected chi connectivity index (χ4v) is 2.15. The Kier molecular flexibility index (Phi) is 6.45. The van der Waals surface area contributed by atoms with E-state index in [2.05, 4.69) is 5.32 Å². The van der Waals surface area contributed by atoms with Crippen LogP contribution in [0.25, 0.3) is 6.08 Å². The van der Waals surface area contributed by atoms with Gasteiger partial charge in [0.1, 0.15) is 11.6 Å². The van der Waals surface area contributed by atoms with Crippen molar-refractivity contribution in [2.45, 2.75) is 12.8 Å². The van der Waals surface area contributed by atoms with Gasteiger partial charge in [-0.15, -0.1) is 0 Å². The number of nitriles is 1. The third-order valence-corrected chi connectivity index (χ3v) is 3.28. The van der Waals surface area contributed by atoms with Gasteiger partial charge in [-0.3, -0.25) is 4.79 Å². The van der Waals surface area contributed by atoms with Gasteiger partial charge in [0.05, 0.1) is 13.2 Å². The highest BCUT2D eigenvalue weighted by Crippen LogP contribution is 2.34. The first-order valence-corrected chi connectivity index (χ1v) is 7.54. The van der Waals surface area contributed by atoms with Crippen molar-refractivity contribution >= 4 is 12.0 Å². The minimum Gasteiger partial charge on any atom is -0.490 e. The highest BCUT2D eigenvalue weighted by Gasteiger charge is 2.15. The molecule has 1 aliphatic heterocycles. The van der Waals surface area contributed by atoms with E-state index in [0.29, 0.717) is 49.8 Å². The van der Waals surface area contributed by atoms with Gasteiger partial charge < -0.3 is 19.5 Å². The Hall–Kier alpha value is -2.52. The molecule has 1 aromatic carbocycles. The number of methoxy groups -OCH3 is 1. The SMILES string of the molecule is COCCCNC(=O)/C(C#N)=C/c1cccc2c1OCCCO2. The summed E-state index contributed by atoms with van der Waals surface area (Å²) in [5, 5.41) is 11.9. The van der Waals surface area contributed by atoms with Crippen LogP contribution >= 0.6 is 0 Å². The second-order valence-electron chi connectivity index (χ2n) is 5.00. The number of fused-ring (bicyclic) bond motifs is 1. The van der Waals surface area contributed by atoms with Gasteiger partial charge in [-0.25, -0.2) is 0 Å². The highest BCUT2D eigenvalue weighted by atomic mass is 16.5. The van der Waals surface area contributed by atoms with Gasteiger partial charge in [0, 0.05) is 32.2 Å². The number of carbonyl (C=O) groups excluding carboxylic acids is 1. The molecule has 6 heteroatoms. The van der Waals surface area contributed by atoms with Gasteiger partial charge in [-0.05, 0) is 18.6 Å². The van der Waals surface area contributed by atoms with E-state index >= 15 is 0 Å². The van der Waals surface area contributed by atoms with Crippen LogP contribution in [0.15, 0.2) is 23.8 Å². The zero-order chi connectivity index (χ0) is 16.5. The molecule has 2 rings (SSSR count). The van der Waals surface area contributed by atoms with Crippen molar-refractivity contribution in [1.29, 1.82) is 5.26 Å². The molecule has 1 aliphatic rings. The molecule has 122 valence electrons. The lowest BCUT2D eigenvalue weighted by atomic mass is 10.1. The summed E-state index contributed by atoms with van der Waals surface area (Å²) in [6.45, 7) is 2.15. The molecule has 0 saturated heterocycles. The predicted molar refractivity (Wildman–Crippen MR) is 85.1 cm³/mol. The summed E-state index contributed by atoms with van der Waals surface area (Å²) in [6.07, 6.45) is 3.01. The second-order valence-corrected chi connectivity index (χ2v) is 5.00. The molecular weight excluding hydrogens is 296 g/mol. The van der Waals surface area contributed by atoms with Crippen LogP contribution in [0.3, 0.4) is 0 Å². The van der Waals surface area contributed by atoms with E-state index in [1.54, 1.807) is 13.2 Å². The number of carbonyl (C=O) groups is 1. The molecule has 1 aromatic rings. The summed E-state index contributed by atoms with van der Waals surface area (Å²) in [5.74, 6) is 0.801. The normalized spacial score (nSPS) is 13.8. The molecule has 0 fully saturated rings. The number of hydrogen-bond donors (Lipinski definition) is 1. The number of ether oxygens (including phenoxy) is 3. The summed E-state index contributed by atoms with van der Waals surface area (Å²) in [5.41, 5.74) is 0.691. The second kappa shape index (κ2) is 8.81. The maximum Gasteiger partial charge on any atom is 0.261 e. The van der Waals surface area contributed by atoms with Crippen LogP contribution in [0.1, 0.15) is 18.4 Å². The Labute approximate surface area is 135 Å². The van der Waals surface area contributed by atoms with Crippen LogP contribution in [0.4, 0.5) is 0 Å². The number of rotatable bonds is 6. The quantitative estimate of drug-likeness (QED) is 0.492. The van der Waals surface area contributed by atoms with Gasteiger partial charge in [0.25, 0.3) is 5.91 Å². The monoisotopic (exact) mass is 316 g/mol. The summed E-state index contributed by atoms with van der Waals surface area (Å²) in [6, 6.07) is 7.35. The number of hydrogen-bond acceptors (Lipinski definition) is 5. The third-order valence-electron chi connectivity index (χ3n) is 3.28. The molecule has 1 amide bonds. The Bertz CT molecular complexity index is 620. The molecule has 1 N–H and O–H groups in total. The number of amides is 1. The van der Waals surface area contributed by atoms with E-state index in [9.17, 15) is 10.1 Å². The minimum atomic E-state index is -0.407. The molecule has 0 bridgehead atoms. The van der Waals surface area contributed by atoms with Crippen molar-refractivity contribution in [1.82, 2.24) is 5.32 Å². The lowest BCUT2D eigenvalue weighted by Gasteiger charge is -2.10. The average molecular weight is 316 g/mol. The molecular formula is C17H20N2O4. The third kappa shape index (κ3) is 4.73. The predicted octanol–water partition coefficient (Wildman–Crippen LogP) is 1.91. The van der Waals surface area contributed by atoms with Crippen LogP contribution in [0.5, 0.6) is 11.5 Å². The average Bonchev–Trinajstić information content (AvgIpc) is 2.82. The number of para-hydroxylation sites is 1. The number of nitrogens with one attached hydrogen (secondary N) is 1. The van der Waals surface area contributed by atoms with Crippen LogP contribution in [0.2, 0.25) is 0 Å². The largest absolute Gasteiger partial charge is 0.490 e. The van der Waals surface area contributed by atoms with Crippen LogP contribution in [-0.4, -0.2) is 39.4 Å². The maximum atomic E-state index is 12.1. The molecule has 0 unspecified atom stereocenters. The molecule has 0 atom stereocenters. The molecule has 23 heavy (non-hydrogen) atoms. The smallest absolute Gasteiger partial charge is 0.261 e. The van der Waals surface area contributed by atoms with Crippen molar-refractivity contribution in [3.8, 4) is 17.6 Å². The van der Waals surface area contributed by atoms with Crippen molar-refractivity contribution in [2.24, 2.45) is 0 Å². The maximum absolute atomic E-state index is 12.1. The van der Waals surface area contributed by atoms with Gasteiger partial charge in [0.15, 0.2) is 11.5 Å². The lowest BCUT2D eigenvalue weighted by molar-refractivity contribution is -0.117. The molecule has 6 nitrogen and oxygen atoms in total. The van der Waals surface area contributed by atoms with Crippen LogP contribution in [0, 0.1) is 11.3 Å². The van der Waals surface area contributed by atoms with E-state index in [1.807, 2.05) is 18.2 Å². The van der Waals surface area contributed by atoms with Gasteiger partial charge in [-0.1, -0.05) is 12.1 Å². The number of benzene rings is 1. The Morgan fingerprint density at radius 2 is 2.26 bits per heavy atom. The Morgan fingerprint density at radius 3 is 3.04 bits per heavy atom. The van der Waals surface area contributed by atoms with E-state index in [1.165, 1.54) is 6.08 Å². The molecule has 0 radical (unpaired) electrons. The van der Waals surface area contributed by atoms with E-state index < -0.39 is 5.91 Å². The van der Waals surface area contributed by atoms with E-state index in [0.717, 1.165) is 6.42 Å². The first-order valence-electron chi connectivity index (χ1n) is 7.54. The first-order chi connectivity index (χ1) is 11.3. The fourth-order valence-electron chi connectivity index (χ4n) is 2.15. The van der Waals surface area contributed by atoms with E-state index in [4.69, 9.17) is 14.2 Å². The fraction of sp³-hybridized carbons (Fsp3) is 0.412. The molecule has 1 heterocycles. The Morgan fingerprint density at radius 1 is 1.43 bits per heavy atom. The minimum absolute atomic E-state index is 0.0312. The standard InChI is InChI=1S/C17H20N2O4/c1-21-8-3-7-19-17(20)14(12-18)11-13-5-2-6-15-16(13)23-10-4-9-22-15/h2,5-6,11H,3-4,7-10H2,1H3,(H,19,20)/b14-11+. The molecule has 0 aromatic heterocycles. The van der Waals surface area contributed by atoms with Crippen molar-refractivity contribution in [3.05, 3.63) is 29.3 Å². The van der Waals surface area contributed by atoms with Crippen molar-refractivity contribution in [3.63, 3.8) is 0 Å². The number of nitrogens with zero attached hydrogens (tertiary/aromatic N) is 1. The molecule has 0 spiro atoms. The highest BCUT2D eigenvalue weighted by molar-refractivity contribution is 6.02. The van der Waals surface area contributed by atoms with Crippen molar-refractivity contribution in [2.75, 3.05) is 33.5 Å². The topological polar surface area (TPSA) is 80.6 Å². The lowest BCUT2D eigenvalue weighted by Crippen LogP contribution is -2.26. The Balaban J connectivity index is 2.15.